The van der Waals surface area contributed by atoms with E-state index < -0.39 is 0 Å². The van der Waals surface area contributed by atoms with E-state index in [2.05, 4.69) is 29.4 Å². The van der Waals surface area contributed by atoms with Crippen molar-refractivity contribution in [1.82, 2.24) is 10.6 Å². The zero-order valence-corrected chi connectivity index (χ0v) is 22.3. The van der Waals surface area contributed by atoms with Crippen LogP contribution in [0.2, 0.25) is 0 Å². The number of halogens is 1. The number of carbonyl (C=O) groups excluding carboxylic acids is 2. The van der Waals surface area contributed by atoms with E-state index in [0.29, 0.717) is 46.3 Å². The van der Waals surface area contributed by atoms with Crippen LogP contribution in [0, 0.1) is 5.82 Å². The Morgan fingerprint density at radius 1 is 1.00 bits per heavy atom. The highest BCUT2D eigenvalue weighted by Crippen LogP contribution is 2.41. The molecule has 8 heteroatoms. The number of carbonyl (C=O) groups is 2. The van der Waals surface area contributed by atoms with Crippen molar-refractivity contribution in [3.05, 3.63) is 77.6 Å². The number of benzene rings is 3. The number of nitrogens with one attached hydrogen (secondary N) is 2. The molecule has 1 aliphatic carbocycles. The van der Waals surface area contributed by atoms with Crippen LogP contribution in [0.25, 0.3) is 33.4 Å². The molecule has 0 spiro atoms. The third-order valence-corrected chi connectivity index (χ3v) is 7.36. The standard InChI is InChI=1S/C31H32FN3O4/c1-4-35(5-2)26-17-27-25(28(31(38)33-3)29(39-27)18-9-11-21(32)12-10-18)16-24(26)19-7-6-8-20(13-19)30(37)34-22-14-23(36)15-22/h6-13,16-17,22-23,36H,4-5,14-15H2,1-3H3,(H,33,38)(H,34,37). The van der Waals surface area contributed by atoms with Crippen LogP contribution in [-0.4, -0.2) is 49.2 Å². The number of furan rings is 1. The van der Waals surface area contributed by atoms with E-state index in [9.17, 15) is 19.1 Å². The molecule has 1 heterocycles. The summed E-state index contributed by atoms with van der Waals surface area (Å²) in [6, 6.07) is 17.1. The van der Waals surface area contributed by atoms with Crippen molar-refractivity contribution in [3.8, 4) is 22.5 Å². The zero-order chi connectivity index (χ0) is 27.7. The minimum Gasteiger partial charge on any atom is -0.455 e. The predicted octanol–water partition coefficient (Wildman–Crippen LogP) is 5.36. The molecule has 0 saturated heterocycles. The smallest absolute Gasteiger partial charge is 0.255 e. The van der Waals surface area contributed by atoms with Gasteiger partial charge in [0, 0.05) is 60.0 Å². The summed E-state index contributed by atoms with van der Waals surface area (Å²) < 4.78 is 19.9. The largest absolute Gasteiger partial charge is 0.455 e. The van der Waals surface area contributed by atoms with Gasteiger partial charge in [-0.2, -0.15) is 0 Å². The van der Waals surface area contributed by atoms with Crippen molar-refractivity contribution >= 4 is 28.5 Å². The minimum absolute atomic E-state index is 0.0235. The highest BCUT2D eigenvalue weighted by atomic mass is 19.1. The Morgan fingerprint density at radius 2 is 1.72 bits per heavy atom. The molecule has 3 aromatic carbocycles. The highest BCUT2D eigenvalue weighted by molar-refractivity contribution is 6.13. The normalized spacial score (nSPS) is 16.5. The fraction of sp³-hybridized carbons (Fsp3) is 0.290. The van der Waals surface area contributed by atoms with Gasteiger partial charge in [0.1, 0.15) is 17.2 Å². The molecule has 39 heavy (non-hydrogen) atoms. The molecule has 5 rings (SSSR count). The van der Waals surface area contributed by atoms with E-state index in [4.69, 9.17) is 4.42 Å². The predicted molar refractivity (Wildman–Crippen MR) is 150 cm³/mol. The first-order valence-corrected chi connectivity index (χ1v) is 13.3. The Hall–Kier alpha value is -4.17. The third-order valence-electron chi connectivity index (χ3n) is 7.36. The van der Waals surface area contributed by atoms with Crippen LogP contribution in [0.3, 0.4) is 0 Å². The van der Waals surface area contributed by atoms with Gasteiger partial charge in [-0.25, -0.2) is 4.39 Å². The van der Waals surface area contributed by atoms with Gasteiger partial charge < -0.3 is 25.1 Å². The molecular weight excluding hydrogens is 497 g/mol. The summed E-state index contributed by atoms with van der Waals surface area (Å²) in [5.74, 6) is -0.514. The zero-order valence-electron chi connectivity index (χ0n) is 22.3. The number of amides is 2. The molecule has 1 fully saturated rings. The van der Waals surface area contributed by atoms with Crippen LogP contribution in [0.1, 0.15) is 47.4 Å². The molecular formula is C31H32FN3O4. The van der Waals surface area contributed by atoms with Crippen molar-refractivity contribution in [1.29, 1.82) is 0 Å². The van der Waals surface area contributed by atoms with Crippen molar-refractivity contribution in [3.63, 3.8) is 0 Å². The number of rotatable bonds is 8. The van der Waals surface area contributed by atoms with Crippen LogP contribution in [-0.2, 0) is 0 Å². The van der Waals surface area contributed by atoms with Gasteiger partial charge in [0.05, 0.1) is 11.7 Å². The second kappa shape index (κ2) is 10.9. The summed E-state index contributed by atoms with van der Waals surface area (Å²) in [4.78, 5) is 28.2. The van der Waals surface area contributed by atoms with Gasteiger partial charge in [-0.05, 0) is 74.7 Å². The third kappa shape index (κ3) is 5.12. The number of aliphatic hydroxyl groups is 1. The average Bonchev–Trinajstić information content (AvgIpc) is 3.31. The summed E-state index contributed by atoms with van der Waals surface area (Å²) in [6.45, 7) is 5.62. The van der Waals surface area contributed by atoms with Gasteiger partial charge in [0.2, 0.25) is 0 Å². The molecule has 1 aliphatic rings. The van der Waals surface area contributed by atoms with Gasteiger partial charge in [0.15, 0.2) is 0 Å². The monoisotopic (exact) mass is 529 g/mol. The summed E-state index contributed by atoms with van der Waals surface area (Å²) in [7, 11) is 1.56. The lowest BCUT2D eigenvalue weighted by Crippen LogP contribution is -2.46. The van der Waals surface area contributed by atoms with Gasteiger partial charge in [0.25, 0.3) is 11.8 Å². The Bertz CT molecular complexity index is 1520. The van der Waals surface area contributed by atoms with E-state index in [0.717, 1.165) is 29.9 Å². The first-order valence-electron chi connectivity index (χ1n) is 13.3. The maximum absolute atomic E-state index is 13.6. The van der Waals surface area contributed by atoms with Crippen molar-refractivity contribution in [2.45, 2.75) is 38.8 Å². The quantitative estimate of drug-likeness (QED) is 0.286. The molecule has 4 aromatic rings. The molecule has 1 aromatic heterocycles. The van der Waals surface area contributed by atoms with Crippen molar-refractivity contribution in [2.24, 2.45) is 0 Å². The molecule has 0 atom stereocenters. The second-order valence-electron chi connectivity index (χ2n) is 9.81. The summed E-state index contributed by atoms with van der Waals surface area (Å²) in [6.07, 6.45) is 0.773. The fourth-order valence-corrected chi connectivity index (χ4v) is 5.15. The first kappa shape index (κ1) is 26.4. The van der Waals surface area contributed by atoms with E-state index >= 15 is 0 Å². The number of aliphatic hydroxyl groups excluding tert-OH is 1. The lowest BCUT2D eigenvalue weighted by Gasteiger charge is -2.32. The van der Waals surface area contributed by atoms with E-state index in [1.807, 2.05) is 30.3 Å². The highest BCUT2D eigenvalue weighted by Gasteiger charge is 2.29. The lowest BCUT2D eigenvalue weighted by molar-refractivity contribution is 0.0562. The molecule has 1 saturated carbocycles. The van der Waals surface area contributed by atoms with Gasteiger partial charge in [-0.3, -0.25) is 9.59 Å². The molecule has 2 amide bonds. The van der Waals surface area contributed by atoms with Crippen molar-refractivity contribution in [2.75, 3.05) is 25.0 Å². The Kier molecular flexibility index (Phi) is 7.39. The first-order chi connectivity index (χ1) is 18.8. The van der Waals surface area contributed by atoms with Crippen LogP contribution < -0.4 is 15.5 Å². The molecule has 0 unspecified atom stereocenters. The molecule has 7 nitrogen and oxygen atoms in total. The maximum Gasteiger partial charge on any atom is 0.255 e. The van der Waals surface area contributed by atoms with E-state index in [1.165, 1.54) is 12.1 Å². The Labute approximate surface area is 226 Å². The maximum atomic E-state index is 13.6. The van der Waals surface area contributed by atoms with Crippen LogP contribution in [0.5, 0.6) is 0 Å². The van der Waals surface area contributed by atoms with Crippen LogP contribution in [0.15, 0.2) is 65.1 Å². The molecule has 202 valence electrons. The van der Waals surface area contributed by atoms with Gasteiger partial charge in [-0.1, -0.05) is 12.1 Å². The van der Waals surface area contributed by atoms with Gasteiger partial charge >= 0.3 is 0 Å². The molecule has 0 radical (unpaired) electrons. The summed E-state index contributed by atoms with van der Waals surface area (Å²) >= 11 is 0. The SMILES string of the molecule is CCN(CC)c1cc2oc(-c3ccc(F)cc3)c(C(=O)NC)c2cc1-c1cccc(C(=O)NC2CC(O)C2)c1. The molecule has 0 aliphatic heterocycles. The lowest BCUT2D eigenvalue weighted by atomic mass is 9.89. The molecule has 0 bridgehead atoms. The van der Waals surface area contributed by atoms with Crippen LogP contribution in [0.4, 0.5) is 10.1 Å². The Balaban J connectivity index is 1.67. The van der Waals surface area contributed by atoms with E-state index in [-0.39, 0.29) is 29.8 Å². The van der Waals surface area contributed by atoms with Crippen LogP contribution >= 0.6 is 0 Å². The van der Waals surface area contributed by atoms with Gasteiger partial charge in [-0.15, -0.1) is 0 Å². The summed E-state index contributed by atoms with van der Waals surface area (Å²) in [5, 5.41) is 15.9. The number of hydrogen-bond acceptors (Lipinski definition) is 5. The number of anilines is 1. The van der Waals surface area contributed by atoms with E-state index in [1.54, 1.807) is 25.2 Å². The van der Waals surface area contributed by atoms with Crippen molar-refractivity contribution < 1.29 is 23.5 Å². The number of hydrogen-bond donors (Lipinski definition) is 3. The average molecular weight is 530 g/mol. The minimum atomic E-state index is -0.375. The molecule has 3 N–H and O–H groups in total. The Morgan fingerprint density at radius 3 is 2.36 bits per heavy atom. The second-order valence-corrected chi connectivity index (χ2v) is 9.81. The fourth-order valence-electron chi connectivity index (χ4n) is 5.15. The number of fused-ring (bicyclic) bond motifs is 1. The summed E-state index contributed by atoms with van der Waals surface area (Å²) in [5.41, 5.74) is 4.61. The topological polar surface area (TPSA) is 94.8 Å². The number of nitrogens with zero attached hydrogens (tertiary/aromatic N) is 1.